The lowest BCUT2D eigenvalue weighted by Crippen LogP contribution is -2.18. The van der Waals surface area contributed by atoms with E-state index in [0.29, 0.717) is 22.6 Å². The minimum atomic E-state index is -3.45. The van der Waals surface area contributed by atoms with Crippen molar-refractivity contribution in [2.45, 2.75) is 20.0 Å². The molecule has 3 aromatic rings. The van der Waals surface area contributed by atoms with Crippen molar-refractivity contribution in [1.82, 2.24) is 25.0 Å². The van der Waals surface area contributed by atoms with Crippen LogP contribution in [0.4, 0.5) is 20.7 Å². The van der Waals surface area contributed by atoms with Crippen LogP contribution in [0.25, 0.3) is 11.4 Å². The van der Waals surface area contributed by atoms with Crippen molar-refractivity contribution in [2.24, 2.45) is 7.05 Å². The second-order valence-electron chi connectivity index (χ2n) is 6.70. The van der Waals surface area contributed by atoms with Gasteiger partial charge in [-0.3, -0.25) is 10.0 Å². The molecule has 0 saturated heterocycles. The Morgan fingerprint density at radius 3 is 2.61 bits per heavy atom. The summed E-state index contributed by atoms with van der Waals surface area (Å²) < 4.78 is 44.9. The number of amides is 1. The molecule has 0 bridgehead atoms. The van der Waals surface area contributed by atoms with Gasteiger partial charge in [-0.05, 0) is 38.1 Å². The monoisotopic (exact) mass is 449 g/mol. The average molecular weight is 449 g/mol. The Bertz CT molecular complexity index is 1210. The highest BCUT2D eigenvalue weighted by Crippen LogP contribution is 2.27. The molecule has 0 aliphatic heterocycles. The normalized spacial score (nSPS) is 12.3. The minimum Gasteiger partial charge on any atom is -0.441 e. The quantitative estimate of drug-likeness (QED) is 0.547. The molecule has 2 N–H and O–H groups in total. The Morgan fingerprint density at radius 2 is 2.00 bits per heavy atom. The highest BCUT2D eigenvalue weighted by atomic mass is 32.2. The number of pyridine rings is 2. The second kappa shape index (κ2) is 8.63. The highest BCUT2D eigenvalue weighted by Gasteiger charge is 2.20. The first-order valence-corrected chi connectivity index (χ1v) is 10.9. The van der Waals surface area contributed by atoms with Gasteiger partial charge in [0, 0.05) is 18.8 Å². The molecule has 31 heavy (non-hydrogen) atoms. The van der Waals surface area contributed by atoms with Gasteiger partial charge in [0.25, 0.3) is 0 Å². The van der Waals surface area contributed by atoms with E-state index in [4.69, 9.17) is 4.74 Å². The first-order valence-electron chi connectivity index (χ1n) is 8.98. The van der Waals surface area contributed by atoms with E-state index in [1.54, 1.807) is 33.0 Å². The van der Waals surface area contributed by atoms with Gasteiger partial charge in [0.1, 0.15) is 6.10 Å². The van der Waals surface area contributed by atoms with Crippen LogP contribution >= 0.6 is 0 Å². The summed E-state index contributed by atoms with van der Waals surface area (Å²) in [7, 11) is -1.88. The molecular formula is C18H20FN7O4S. The van der Waals surface area contributed by atoms with Crippen LogP contribution < -0.4 is 10.0 Å². The molecule has 0 fully saturated rings. The van der Waals surface area contributed by atoms with E-state index in [9.17, 15) is 17.6 Å². The lowest BCUT2D eigenvalue weighted by Gasteiger charge is -2.14. The first-order chi connectivity index (χ1) is 14.5. The standard InChI is InChI=1S/C18H20FN7O4S/c1-10-13(24-31(4,28)29)6-7-14(21-10)16-17(26(3)25-23-16)22-18(27)30-11(2)12-5-8-15(19)20-9-12/h5-9,11,24H,1-4H3,(H,22,27). The van der Waals surface area contributed by atoms with Crippen molar-refractivity contribution in [3.05, 3.63) is 47.7 Å². The van der Waals surface area contributed by atoms with Gasteiger partial charge in [0.15, 0.2) is 11.5 Å². The number of aryl methyl sites for hydroxylation is 2. The third kappa shape index (κ3) is 5.51. The van der Waals surface area contributed by atoms with Crippen LogP contribution in [0.5, 0.6) is 0 Å². The molecule has 0 radical (unpaired) electrons. The fourth-order valence-electron chi connectivity index (χ4n) is 2.65. The number of ether oxygens (including phenoxy) is 1. The number of carbonyl (C=O) groups is 1. The average Bonchev–Trinajstić information content (AvgIpc) is 3.03. The fraction of sp³-hybridized carbons (Fsp3) is 0.278. The summed E-state index contributed by atoms with van der Waals surface area (Å²) in [4.78, 5) is 20.3. The number of aromatic nitrogens is 5. The summed E-state index contributed by atoms with van der Waals surface area (Å²) in [5.41, 5.74) is 1.90. The summed E-state index contributed by atoms with van der Waals surface area (Å²) in [6.07, 6.45) is 0.859. The summed E-state index contributed by atoms with van der Waals surface area (Å²) in [6.45, 7) is 3.25. The molecule has 1 amide bonds. The number of hydrogen-bond donors (Lipinski definition) is 2. The van der Waals surface area contributed by atoms with Crippen LogP contribution in [-0.4, -0.2) is 45.7 Å². The van der Waals surface area contributed by atoms with Crippen LogP contribution in [0.15, 0.2) is 30.5 Å². The molecule has 3 heterocycles. The van der Waals surface area contributed by atoms with Crippen molar-refractivity contribution in [3.8, 4) is 11.4 Å². The van der Waals surface area contributed by atoms with Gasteiger partial charge in [-0.1, -0.05) is 5.21 Å². The number of nitrogens with one attached hydrogen (secondary N) is 2. The largest absolute Gasteiger partial charge is 0.441 e. The van der Waals surface area contributed by atoms with Crippen LogP contribution in [0.1, 0.15) is 24.3 Å². The number of hydrogen-bond acceptors (Lipinski definition) is 8. The zero-order chi connectivity index (χ0) is 22.8. The van der Waals surface area contributed by atoms with E-state index >= 15 is 0 Å². The maximum Gasteiger partial charge on any atom is 0.413 e. The van der Waals surface area contributed by atoms with Crippen LogP contribution in [0, 0.1) is 12.9 Å². The Labute approximate surface area is 177 Å². The Balaban J connectivity index is 1.78. The summed E-state index contributed by atoms with van der Waals surface area (Å²) >= 11 is 0. The smallest absolute Gasteiger partial charge is 0.413 e. The van der Waals surface area contributed by atoms with E-state index in [1.165, 1.54) is 23.0 Å². The summed E-state index contributed by atoms with van der Waals surface area (Å²) in [5, 5.41) is 10.5. The van der Waals surface area contributed by atoms with Gasteiger partial charge in [0.2, 0.25) is 16.0 Å². The molecule has 0 aliphatic carbocycles. The topological polar surface area (TPSA) is 141 Å². The summed E-state index contributed by atoms with van der Waals surface area (Å²) in [5.74, 6) is -0.406. The Hall–Kier alpha value is -3.61. The molecule has 0 aromatic carbocycles. The fourth-order valence-corrected chi connectivity index (χ4v) is 3.27. The van der Waals surface area contributed by atoms with Gasteiger partial charge < -0.3 is 4.74 Å². The molecule has 0 saturated carbocycles. The van der Waals surface area contributed by atoms with Crippen molar-refractivity contribution in [2.75, 3.05) is 16.3 Å². The van der Waals surface area contributed by atoms with E-state index in [-0.39, 0.29) is 11.5 Å². The number of halogens is 1. The molecule has 0 aliphatic rings. The van der Waals surface area contributed by atoms with Crippen LogP contribution in [0.2, 0.25) is 0 Å². The van der Waals surface area contributed by atoms with E-state index in [0.717, 1.165) is 6.26 Å². The van der Waals surface area contributed by atoms with Crippen molar-refractivity contribution in [1.29, 1.82) is 0 Å². The zero-order valence-electron chi connectivity index (χ0n) is 17.1. The van der Waals surface area contributed by atoms with Gasteiger partial charge in [0.05, 0.1) is 23.3 Å². The van der Waals surface area contributed by atoms with E-state index in [2.05, 4.69) is 30.3 Å². The number of carbonyl (C=O) groups excluding carboxylic acids is 1. The number of anilines is 2. The molecule has 1 atom stereocenters. The maximum absolute atomic E-state index is 13.0. The third-order valence-corrected chi connectivity index (χ3v) is 4.77. The van der Waals surface area contributed by atoms with E-state index < -0.39 is 28.2 Å². The molecule has 13 heteroatoms. The van der Waals surface area contributed by atoms with Gasteiger partial charge in [-0.25, -0.2) is 27.9 Å². The van der Waals surface area contributed by atoms with E-state index in [1.807, 2.05) is 0 Å². The molecular weight excluding hydrogens is 429 g/mol. The van der Waals surface area contributed by atoms with Gasteiger partial charge in [-0.15, -0.1) is 5.10 Å². The minimum absolute atomic E-state index is 0.227. The van der Waals surface area contributed by atoms with Gasteiger partial charge >= 0.3 is 6.09 Å². The van der Waals surface area contributed by atoms with Crippen molar-refractivity contribution in [3.63, 3.8) is 0 Å². The molecule has 3 aromatic heterocycles. The molecule has 0 spiro atoms. The number of nitrogens with zero attached hydrogens (tertiary/aromatic N) is 5. The lowest BCUT2D eigenvalue weighted by molar-refractivity contribution is 0.120. The molecule has 11 nitrogen and oxygen atoms in total. The van der Waals surface area contributed by atoms with Crippen LogP contribution in [0.3, 0.4) is 0 Å². The molecule has 1 unspecified atom stereocenters. The van der Waals surface area contributed by atoms with Crippen LogP contribution in [-0.2, 0) is 21.8 Å². The number of rotatable bonds is 6. The summed E-state index contributed by atoms with van der Waals surface area (Å²) in [6, 6.07) is 5.73. The highest BCUT2D eigenvalue weighted by molar-refractivity contribution is 7.92. The SMILES string of the molecule is Cc1nc(-c2nnn(C)c2NC(=O)OC(C)c2ccc(F)nc2)ccc1NS(C)(=O)=O. The lowest BCUT2D eigenvalue weighted by atomic mass is 10.2. The maximum atomic E-state index is 13.0. The number of sulfonamides is 1. The van der Waals surface area contributed by atoms with Crippen molar-refractivity contribution >= 4 is 27.6 Å². The molecule has 3 rings (SSSR count). The predicted molar refractivity (Wildman–Crippen MR) is 110 cm³/mol. The third-order valence-electron chi connectivity index (χ3n) is 4.17. The second-order valence-corrected chi connectivity index (χ2v) is 8.45. The van der Waals surface area contributed by atoms with Gasteiger partial charge in [-0.2, -0.15) is 4.39 Å². The zero-order valence-corrected chi connectivity index (χ0v) is 17.9. The predicted octanol–water partition coefficient (Wildman–Crippen LogP) is 2.40. The first kappa shape index (κ1) is 22.1. The Morgan fingerprint density at radius 1 is 1.26 bits per heavy atom. The molecule has 164 valence electrons. The Kier molecular flexibility index (Phi) is 6.15. The van der Waals surface area contributed by atoms with Crippen molar-refractivity contribution < 1.29 is 22.3 Å².